The second-order valence-corrected chi connectivity index (χ2v) is 4.09. The van der Waals surface area contributed by atoms with Gasteiger partial charge in [-0.3, -0.25) is 4.79 Å². The lowest BCUT2D eigenvalue weighted by Crippen LogP contribution is -2.16. The van der Waals surface area contributed by atoms with Crippen molar-refractivity contribution in [2.75, 3.05) is 5.32 Å². The summed E-state index contributed by atoms with van der Waals surface area (Å²) in [6.45, 7) is 2.88. The number of carbonyl (C=O) groups excluding carboxylic acids is 1. The molecule has 1 aromatic heterocycles. The molecule has 0 bridgehead atoms. The summed E-state index contributed by atoms with van der Waals surface area (Å²) < 4.78 is 1.91. The maximum absolute atomic E-state index is 12.1. The van der Waals surface area contributed by atoms with E-state index in [-0.39, 0.29) is 11.7 Å². The minimum absolute atomic E-state index is 0.136. The molecular weight excluding hydrogens is 228 g/mol. The molecule has 0 spiro atoms. The Bertz CT molecular complexity index is 546. The Morgan fingerprint density at radius 1 is 1.33 bits per heavy atom. The van der Waals surface area contributed by atoms with E-state index in [0.717, 1.165) is 13.0 Å². The zero-order valence-corrected chi connectivity index (χ0v) is 10.3. The molecule has 0 atom stereocenters. The average molecular weight is 244 g/mol. The van der Waals surface area contributed by atoms with Crippen LogP contribution in [0.3, 0.4) is 0 Å². The molecule has 1 heterocycles. The maximum atomic E-state index is 12.1. The fourth-order valence-electron chi connectivity index (χ4n) is 1.83. The van der Waals surface area contributed by atoms with Crippen LogP contribution in [0.2, 0.25) is 0 Å². The summed E-state index contributed by atoms with van der Waals surface area (Å²) in [6.07, 6.45) is 2.86. The molecule has 0 unspecified atom stereocenters. The molecule has 2 N–H and O–H groups in total. The number of hydrogen-bond acceptors (Lipinski definition) is 2. The van der Waals surface area contributed by atoms with Gasteiger partial charge in [-0.15, -0.1) is 0 Å². The van der Waals surface area contributed by atoms with E-state index in [1.807, 2.05) is 16.8 Å². The van der Waals surface area contributed by atoms with E-state index >= 15 is 0 Å². The van der Waals surface area contributed by atoms with Gasteiger partial charge in [0.25, 0.3) is 5.91 Å². The lowest BCUT2D eigenvalue weighted by molar-refractivity contribution is 0.101. The van der Waals surface area contributed by atoms with Gasteiger partial charge in [-0.1, -0.05) is 13.0 Å². The first kappa shape index (κ1) is 12.2. The van der Waals surface area contributed by atoms with Crippen LogP contribution in [0.15, 0.2) is 42.6 Å². The van der Waals surface area contributed by atoms with Gasteiger partial charge in [-0.05, 0) is 30.7 Å². The van der Waals surface area contributed by atoms with Gasteiger partial charge >= 0.3 is 0 Å². The molecule has 1 amide bonds. The number of carbonyl (C=O) groups is 1. The van der Waals surface area contributed by atoms with Gasteiger partial charge in [0, 0.05) is 24.5 Å². The summed E-state index contributed by atoms with van der Waals surface area (Å²) in [7, 11) is 0. The maximum Gasteiger partial charge on any atom is 0.272 e. The Labute approximate surface area is 106 Å². The van der Waals surface area contributed by atoms with E-state index < -0.39 is 0 Å². The smallest absolute Gasteiger partial charge is 0.272 e. The first-order valence-corrected chi connectivity index (χ1v) is 5.96. The highest BCUT2D eigenvalue weighted by molar-refractivity contribution is 6.03. The summed E-state index contributed by atoms with van der Waals surface area (Å²) in [6, 6.07) is 10.2. The van der Waals surface area contributed by atoms with Crippen LogP contribution in [0, 0.1) is 0 Å². The first-order valence-electron chi connectivity index (χ1n) is 5.96. The van der Waals surface area contributed by atoms with Crippen LogP contribution in [0.25, 0.3) is 0 Å². The van der Waals surface area contributed by atoms with E-state index in [2.05, 4.69) is 12.2 Å². The molecule has 18 heavy (non-hydrogen) atoms. The molecule has 2 rings (SSSR count). The fourth-order valence-corrected chi connectivity index (χ4v) is 1.83. The molecule has 1 aromatic carbocycles. The van der Waals surface area contributed by atoms with Crippen molar-refractivity contribution in [3.8, 4) is 5.75 Å². The number of aromatic hydroxyl groups is 1. The molecular formula is C14H16N2O2. The number of phenolic OH excluding ortho intramolecular Hbond substituents is 1. The average Bonchev–Trinajstić information content (AvgIpc) is 2.78. The van der Waals surface area contributed by atoms with Gasteiger partial charge in [0.15, 0.2) is 0 Å². The van der Waals surface area contributed by atoms with Crippen molar-refractivity contribution in [2.45, 2.75) is 19.9 Å². The molecule has 2 aromatic rings. The molecule has 4 heteroatoms. The van der Waals surface area contributed by atoms with Gasteiger partial charge in [-0.25, -0.2) is 0 Å². The molecule has 94 valence electrons. The summed E-state index contributed by atoms with van der Waals surface area (Å²) in [5.74, 6) is -0.0317. The van der Waals surface area contributed by atoms with Crippen LogP contribution in [0.5, 0.6) is 5.75 Å². The van der Waals surface area contributed by atoms with E-state index in [4.69, 9.17) is 0 Å². The number of phenols is 1. The van der Waals surface area contributed by atoms with Gasteiger partial charge < -0.3 is 15.0 Å². The van der Waals surface area contributed by atoms with Crippen molar-refractivity contribution in [1.82, 2.24) is 4.57 Å². The zero-order chi connectivity index (χ0) is 13.0. The normalized spacial score (nSPS) is 10.3. The standard InChI is InChI=1S/C14H16N2O2/c1-2-8-16-9-4-7-13(16)14(18)15-11-5-3-6-12(17)10-11/h3-7,9-10,17H,2,8H2,1H3,(H,15,18). The Kier molecular flexibility index (Phi) is 3.67. The topological polar surface area (TPSA) is 54.3 Å². The summed E-state index contributed by atoms with van der Waals surface area (Å²) in [4.78, 5) is 12.1. The van der Waals surface area contributed by atoms with Crippen molar-refractivity contribution in [2.24, 2.45) is 0 Å². The number of hydrogen-bond donors (Lipinski definition) is 2. The SMILES string of the molecule is CCCn1cccc1C(=O)Nc1cccc(O)c1. The summed E-state index contributed by atoms with van der Waals surface area (Å²) >= 11 is 0. The van der Waals surface area contributed by atoms with Gasteiger partial charge in [-0.2, -0.15) is 0 Å². The number of benzene rings is 1. The molecule has 0 aliphatic heterocycles. The third-order valence-electron chi connectivity index (χ3n) is 2.63. The number of anilines is 1. The third kappa shape index (κ3) is 2.71. The molecule has 0 saturated carbocycles. The van der Waals surface area contributed by atoms with Gasteiger partial charge in [0.2, 0.25) is 0 Å². The number of amides is 1. The Balaban J connectivity index is 2.14. The van der Waals surface area contributed by atoms with Crippen LogP contribution < -0.4 is 5.32 Å². The molecule has 0 aliphatic carbocycles. The van der Waals surface area contributed by atoms with Crippen molar-refractivity contribution >= 4 is 11.6 Å². The molecule has 0 aliphatic rings. The van der Waals surface area contributed by atoms with E-state index in [1.54, 1.807) is 24.3 Å². The lowest BCUT2D eigenvalue weighted by Gasteiger charge is -2.09. The number of nitrogens with zero attached hydrogens (tertiary/aromatic N) is 1. The quantitative estimate of drug-likeness (QED) is 0.868. The second-order valence-electron chi connectivity index (χ2n) is 4.09. The minimum atomic E-state index is -0.168. The molecule has 0 saturated heterocycles. The zero-order valence-electron chi connectivity index (χ0n) is 10.3. The highest BCUT2D eigenvalue weighted by Crippen LogP contribution is 2.16. The number of aromatic nitrogens is 1. The van der Waals surface area contributed by atoms with Gasteiger partial charge in [0.05, 0.1) is 0 Å². The van der Waals surface area contributed by atoms with Crippen LogP contribution in [0.1, 0.15) is 23.8 Å². The Hall–Kier alpha value is -2.23. The van der Waals surface area contributed by atoms with Gasteiger partial charge in [0.1, 0.15) is 11.4 Å². The molecule has 4 nitrogen and oxygen atoms in total. The van der Waals surface area contributed by atoms with Crippen LogP contribution in [0.4, 0.5) is 5.69 Å². The first-order chi connectivity index (χ1) is 8.70. The Morgan fingerprint density at radius 3 is 2.89 bits per heavy atom. The van der Waals surface area contributed by atoms with E-state index in [0.29, 0.717) is 11.4 Å². The van der Waals surface area contributed by atoms with Crippen LogP contribution >= 0.6 is 0 Å². The highest BCUT2D eigenvalue weighted by Gasteiger charge is 2.10. The predicted molar refractivity (Wildman–Crippen MR) is 70.8 cm³/mol. The van der Waals surface area contributed by atoms with E-state index in [1.165, 1.54) is 6.07 Å². The highest BCUT2D eigenvalue weighted by atomic mass is 16.3. The number of rotatable bonds is 4. The second kappa shape index (κ2) is 5.40. The minimum Gasteiger partial charge on any atom is -0.508 e. The monoisotopic (exact) mass is 244 g/mol. The molecule has 0 radical (unpaired) electrons. The van der Waals surface area contributed by atoms with Crippen LogP contribution in [-0.2, 0) is 6.54 Å². The third-order valence-corrected chi connectivity index (χ3v) is 2.63. The summed E-state index contributed by atoms with van der Waals surface area (Å²) in [5, 5.41) is 12.1. The van der Waals surface area contributed by atoms with Crippen molar-refractivity contribution in [3.63, 3.8) is 0 Å². The predicted octanol–water partition coefficient (Wildman–Crippen LogP) is 2.86. The number of aryl methyl sites for hydroxylation is 1. The summed E-state index contributed by atoms with van der Waals surface area (Å²) in [5.41, 5.74) is 1.21. The largest absolute Gasteiger partial charge is 0.508 e. The fraction of sp³-hybridized carbons (Fsp3) is 0.214. The van der Waals surface area contributed by atoms with Crippen molar-refractivity contribution < 1.29 is 9.90 Å². The van der Waals surface area contributed by atoms with Crippen LogP contribution in [-0.4, -0.2) is 15.6 Å². The van der Waals surface area contributed by atoms with E-state index in [9.17, 15) is 9.90 Å². The number of nitrogens with one attached hydrogen (secondary N) is 1. The van der Waals surface area contributed by atoms with Crippen molar-refractivity contribution in [3.05, 3.63) is 48.3 Å². The van der Waals surface area contributed by atoms with Crippen molar-refractivity contribution in [1.29, 1.82) is 0 Å². The Morgan fingerprint density at radius 2 is 2.17 bits per heavy atom. The molecule has 0 fully saturated rings. The lowest BCUT2D eigenvalue weighted by atomic mass is 10.3.